The molecule has 0 atom stereocenters. The van der Waals surface area contributed by atoms with E-state index in [0.29, 0.717) is 0 Å². The Bertz CT molecular complexity index is 64.6. The summed E-state index contributed by atoms with van der Waals surface area (Å²) in [6, 6.07) is 0. The highest BCUT2D eigenvalue weighted by Gasteiger charge is 1.75. The molecule has 0 aliphatic rings. The summed E-state index contributed by atoms with van der Waals surface area (Å²) in [5.41, 5.74) is 1.25. The molecule has 0 amide bonds. The van der Waals surface area contributed by atoms with Crippen LogP contribution in [0.1, 0.15) is 20.8 Å². The fourth-order valence-corrected chi connectivity index (χ4v) is 0.381. The smallest absolute Gasteiger partial charge is 0.0115 e. The minimum Gasteiger partial charge on any atom is -0.389 e. The van der Waals surface area contributed by atoms with Gasteiger partial charge in [0.25, 0.3) is 0 Å². The fourth-order valence-electron chi connectivity index (χ4n) is 0.381. The number of hydrogen-bond acceptors (Lipinski definition) is 1. The molecule has 1 nitrogen and oxygen atoms in total. The standard InChI is InChI=1S/C6H13N/c1-4-6(3)7-5-2/h4,7H,5H2,1-3H3/b6-4+. The number of hydrogen-bond donors (Lipinski definition) is 1. The van der Waals surface area contributed by atoms with E-state index < -0.39 is 0 Å². The maximum Gasteiger partial charge on any atom is 0.0115 e. The molecule has 0 bridgehead atoms. The Labute approximate surface area is 45.4 Å². The van der Waals surface area contributed by atoms with E-state index in [1.807, 2.05) is 6.92 Å². The van der Waals surface area contributed by atoms with E-state index in [0.717, 1.165) is 6.54 Å². The molecule has 1 N–H and O–H groups in total. The Morgan fingerprint density at radius 3 is 2.43 bits per heavy atom. The van der Waals surface area contributed by atoms with Crippen LogP contribution in [0.3, 0.4) is 0 Å². The van der Waals surface area contributed by atoms with Crippen molar-refractivity contribution in [3.05, 3.63) is 11.8 Å². The van der Waals surface area contributed by atoms with E-state index in [2.05, 4.69) is 25.2 Å². The SMILES string of the molecule is C/C=C(\C)NCC. The lowest BCUT2D eigenvalue weighted by molar-refractivity contribution is 0.852. The van der Waals surface area contributed by atoms with Crippen LogP contribution in [-0.2, 0) is 0 Å². The topological polar surface area (TPSA) is 12.0 Å². The molecule has 0 radical (unpaired) electrons. The minimum atomic E-state index is 1.02. The van der Waals surface area contributed by atoms with Crippen LogP contribution in [0.5, 0.6) is 0 Å². The maximum atomic E-state index is 3.16. The molecule has 0 aromatic carbocycles. The van der Waals surface area contributed by atoms with Crippen LogP contribution in [-0.4, -0.2) is 6.54 Å². The molecule has 42 valence electrons. The van der Waals surface area contributed by atoms with Gasteiger partial charge in [0, 0.05) is 12.2 Å². The van der Waals surface area contributed by atoms with Crippen LogP contribution in [0.15, 0.2) is 11.8 Å². The zero-order valence-corrected chi connectivity index (χ0v) is 5.28. The molecule has 0 aliphatic heterocycles. The van der Waals surface area contributed by atoms with E-state index in [4.69, 9.17) is 0 Å². The summed E-state index contributed by atoms with van der Waals surface area (Å²) in [6.45, 7) is 7.20. The second-order valence-electron chi connectivity index (χ2n) is 1.50. The normalized spacial score (nSPS) is 11.6. The summed E-state index contributed by atoms with van der Waals surface area (Å²) in [4.78, 5) is 0. The predicted octanol–water partition coefficient (Wildman–Crippen LogP) is 1.52. The first-order valence-electron chi connectivity index (χ1n) is 2.68. The van der Waals surface area contributed by atoms with Crippen molar-refractivity contribution in [2.75, 3.05) is 6.54 Å². The number of nitrogens with one attached hydrogen (secondary N) is 1. The van der Waals surface area contributed by atoms with Gasteiger partial charge in [-0.15, -0.1) is 0 Å². The van der Waals surface area contributed by atoms with Gasteiger partial charge in [0.1, 0.15) is 0 Å². The van der Waals surface area contributed by atoms with Gasteiger partial charge < -0.3 is 5.32 Å². The molecule has 0 fully saturated rings. The second kappa shape index (κ2) is 3.72. The average molecular weight is 99.2 g/mol. The van der Waals surface area contributed by atoms with Gasteiger partial charge in [-0.1, -0.05) is 6.08 Å². The largest absolute Gasteiger partial charge is 0.389 e. The molecular weight excluding hydrogens is 86.1 g/mol. The van der Waals surface area contributed by atoms with Crippen molar-refractivity contribution in [1.82, 2.24) is 5.32 Å². The first-order chi connectivity index (χ1) is 3.31. The van der Waals surface area contributed by atoms with Crippen molar-refractivity contribution in [2.24, 2.45) is 0 Å². The summed E-state index contributed by atoms with van der Waals surface area (Å²) < 4.78 is 0. The average Bonchev–Trinajstić information content (AvgIpc) is 1.68. The zero-order valence-electron chi connectivity index (χ0n) is 5.28. The molecule has 0 rings (SSSR count). The molecule has 0 unspecified atom stereocenters. The van der Waals surface area contributed by atoms with Gasteiger partial charge >= 0.3 is 0 Å². The van der Waals surface area contributed by atoms with Crippen molar-refractivity contribution >= 4 is 0 Å². The van der Waals surface area contributed by atoms with Crippen molar-refractivity contribution in [2.45, 2.75) is 20.8 Å². The van der Waals surface area contributed by atoms with Crippen LogP contribution in [0.4, 0.5) is 0 Å². The Morgan fingerprint density at radius 2 is 2.29 bits per heavy atom. The Morgan fingerprint density at radius 1 is 1.71 bits per heavy atom. The summed E-state index contributed by atoms with van der Waals surface area (Å²) in [5.74, 6) is 0. The molecule has 0 aromatic heterocycles. The van der Waals surface area contributed by atoms with Gasteiger partial charge in [0.2, 0.25) is 0 Å². The van der Waals surface area contributed by atoms with Crippen LogP contribution in [0.2, 0.25) is 0 Å². The molecule has 1 heteroatoms. The molecular formula is C6H13N. The monoisotopic (exact) mass is 99.1 g/mol. The van der Waals surface area contributed by atoms with Gasteiger partial charge in [-0.05, 0) is 20.8 Å². The highest BCUT2D eigenvalue weighted by molar-refractivity contribution is 4.91. The van der Waals surface area contributed by atoms with Crippen LogP contribution >= 0.6 is 0 Å². The van der Waals surface area contributed by atoms with Gasteiger partial charge in [0.15, 0.2) is 0 Å². The molecule has 0 heterocycles. The molecule has 7 heavy (non-hydrogen) atoms. The van der Waals surface area contributed by atoms with Gasteiger partial charge in [-0.25, -0.2) is 0 Å². The van der Waals surface area contributed by atoms with Crippen molar-refractivity contribution in [3.63, 3.8) is 0 Å². The van der Waals surface area contributed by atoms with Gasteiger partial charge in [-0.3, -0.25) is 0 Å². The van der Waals surface area contributed by atoms with Gasteiger partial charge in [0.05, 0.1) is 0 Å². The lowest BCUT2D eigenvalue weighted by atomic mass is 10.4. The van der Waals surface area contributed by atoms with Crippen LogP contribution in [0.25, 0.3) is 0 Å². The lowest BCUT2D eigenvalue weighted by Crippen LogP contribution is -2.08. The molecule has 0 aromatic rings. The fraction of sp³-hybridized carbons (Fsp3) is 0.667. The third-order valence-electron chi connectivity index (χ3n) is 0.889. The third-order valence-corrected chi connectivity index (χ3v) is 0.889. The molecule has 0 saturated heterocycles. The quantitative estimate of drug-likeness (QED) is 0.553. The summed E-state index contributed by atoms with van der Waals surface area (Å²) in [7, 11) is 0. The van der Waals surface area contributed by atoms with E-state index >= 15 is 0 Å². The number of rotatable bonds is 2. The molecule has 0 saturated carbocycles. The van der Waals surface area contributed by atoms with Crippen LogP contribution in [0, 0.1) is 0 Å². The van der Waals surface area contributed by atoms with Crippen LogP contribution < -0.4 is 5.32 Å². The van der Waals surface area contributed by atoms with Crippen molar-refractivity contribution < 1.29 is 0 Å². The highest BCUT2D eigenvalue weighted by atomic mass is 14.8. The lowest BCUT2D eigenvalue weighted by Gasteiger charge is -1.97. The summed E-state index contributed by atoms with van der Waals surface area (Å²) >= 11 is 0. The van der Waals surface area contributed by atoms with E-state index in [9.17, 15) is 0 Å². The molecule has 0 spiro atoms. The van der Waals surface area contributed by atoms with Crippen molar-refractivity contribution in [3.8, 4) is 0 Å². The zero-order chi connectivity index (χ0) is 5.70. The highest BCUT2D eigenvalue weighted by Crippen LogP contribution is 1.80. The summed E-state index contributed by atoms with van der Waals surface area (Å²) in [5, 5.41) is 3.16. The first-order valence-corrected chi connectivity index (χ1v) is 2.68. The predicted molar refractivity (Wildman–Crippen MR) is 33.1 cm³/mol. The first kappa shape index (κ1) is 6.54. The van der Waals surface area contributed by atoms with E-state index in [1.165, 1.54) is 5.70 Å². The van der Waals surface area contributed by atoms with Crippen molar-refractivity contribution in [1.29, 1.82) is 0 Å². The summed E-state index contributed by atoms with van der Waals surface area (Å²) in [6.07, 6.45) is 2.06. The maximum absolute atomic E-state index is 3.16. The number of allylic oxidation sites excluding steroid dienone is 2. The Kier molecular flexibility index (Phi) is 3.48. The van der Waals surface area contributed by atoms with E-state index in [1.54, 1.807) is 0 Å². The Hall–Kier alpha value is -0.460. The van der Waals surface area contributed by atoms with E-state index in [-0.39, 0.29) is 0 Å². The van der Waals surface area contributed by atoms with Gasteiger partial charge in [-0.2, -0.15) is 0 Å². The molecule has 0 aliphatic carbocycles. The second-order valence-corrected chi connectivity index (χ2v) is 1.50. The Balaban J connectivity index is 3.17. The third kappa shape index (κ3) is 3.37. The minimum absolute atomic E-state index is 1.02.